The lowest BCUT2D eigenvalue weighted by atomic mass is 9.91. The quantitative estimate of drug-likeness (QED) is 0.726. The summed E-state index contributed by atoms with van der Waals surface area (Å²) in [7, 11) is 0. The van der Waals surface area contributed by atoms with Crippen LogP contribution in [0.25, 0.3) is 0 Å². The molecule has 0 aromatic heterocycles. The van der Waals surface area contributed by atoms with Crippen molar-refractivity contribution in [2.75, 3.05) is 39.3 Å². The predicted octanol–water partition coefficient (Wildman–Crippen LogP) is 0.855. The number of hydrogen-bond acceptors (Lipinski definition) is 4. The van der Waals surface area contributed by atoms with E-state index in [9.17, 15) is 9.90 Å². The standard InChI is InChI=1S/C15H29N3O2/c1-4-16-15(14(19)20,13-6-7-13)11-17-8-9-18(5-2)12(3)10-17/h12-13,16H,4-11H2,1-3H3,(H,19,20). The van der Waals surface area contributed by atoms with Gasteiger partial charge in [-0.2, -0.15) is 0 Å². The number of carboxylic acid groups (broad SMARTS) is 1. The zero-order chi connectivity index (χ0) is 14.8. The molecule has 5 nitrogen and oxygen atoms in total. The third-order valence-electron chi connectivity index (χ3n) is 4.88. The maximum absolute atomic E-state index is 11.9. The molecule has 1 saturated carbocycles. The third-order valence-corrected chi connectivity index (χ3v) is 4.88. The summed E-state index contributed by atoms with van der Waals surface area (Å²) in [6.07, 6.45) is 2.09. The summed E-state index contributed by atoms with van der Waals surface area (Å²) >= 11 is 0. The summed E-state index contributed by atoms with van der Waals surface area (Å²) in [4.78, 5) is 16.7. The molecule has 0 aromatic carbocycles. The third kappa shape index (κ3) is 3.15. The van der Waals surface area contributed by atoms with Crippen molar-refractivity contribution in [1.82, 2.24) is 15.1 Å². The molecule has 0 radical (unpaired) electrons. The molecule has 2 atom stereocenters. The molecule has 2 rings (SSSR count). The molecule has 2 fully saturated rings. The van der Waals surface area contributed by atoms with Crippen molar-refractivity contribution < 1.29 is 9.90 Å². The van der Waals surface area contributed by atoms with Gasteiger partial charge in [-0.05, 0) is 38.8 Å². The van der Waals surface area contributed by atoms with Crippen LogP contribution in [0.2, 0.25) is 0 Å². The molecule has 2 unspecified atom stereocenters. The number of aliphatic carboxylic acids is 1. The fourth-order valence-electron chi connectivity index (χ4n) is 3.58. The Labute approximate surface area is 122 Å². The van der Waals surface area contributed by atoms with E-state index >= 15 is 0 Å². The average molecular weight is 283 g/mol. The molecule has 20 heavy (non-hydrogen) atoms. The molecule has 0 amide bonds. The molecule has 2 aliphatic rings. The number of piperazine rings is 1. The first-order chi connectivity index (χ1) is 9.53. The van der Waals surface area contributed by atoms with Gasteiger partial charge < -0.3 is 10.4 Å². The fraction of sp³-hybridized carbons (Fsp3) is 0.933. The number of nitrogens with one attached hydrogen (secondary N) is 1. The van der Waals surface area contributed by atoms with E-state index in [1.807, 2.05) is 6.92 Å². The van der Waals surface area contributed by atoms with Gasteiger partial charge in [0, 0.05) is 32.2 Å². The van der Waals surface area contributed by atoms with Crippen molar-refractivity contribution in [1.29, 1.82) is 0 Å². The minimum Gasteiger partial charge on any atom is -0.480 e. The molecule has 116 valence electrons. The Morgan fingerprint density at radius 2 is 2.05 bits per heavy atom. The van der Waals surface area contributed by atoms with Crippen LogP contribution in [0.1, 0.15) is 33.6 Å². The lowest BCUT2D eigenvalue weighted by Crippen LogP contribution is -2.63. The predicted molar refractivity (Wildman–Crippen MR) is 79.9 cm³/mol. The fourth-order valence-corrected chi connectivity index (χ4v) is 3.58. The second-order valence-corrected chi connectivity index (χ2v) is 6.29. The van der Waals surface area contributed by atoms with Crippen molar-refractivity contribution in [3.8, 4) is 0 Å². The van der Waals surface area contributed by atoms with Gasteiger partial charge in [0.05, 0.1) is 0 Å². The number of carbonyl (C=O) groups is 1. The summed E-state index contributed by atoms with van der Waals surface area (Å²) < 4.78 is 0. The number of carboxylic acids is 1. The first-order valence-corrected chi connectivity index (χ1v) is 7.98. The molecule has 2 N–H and O–H groups in total. The summed E-state index contributed by atoms with van der Waals surface area (Å²) in [6.45, 7) is 11.9. The Bertz CT molecular complexity index is 346. The van der Waals surface area contributed by atoms with Gasteiger partial charge in [-0.1, -0.05) is 13.8 Å². The van der Waals surface area contributed by atoms with Crippen molar-refractivity contribution in [3.05, 3.63) is 0 Å². The van der Waals surface area contributed by atoms with Crippen LogP contribution in [0.15, 0.2) is 0 Å². The maximum atomic E-state index is 11.9. The topological polar surface area (TPSA) is 55.8 Å². The van der Waals surface area contributed by atoms with Crippen molar-refractivity contribution in [2.24, 2.45) is 5.92 Å². The lowest BCUT2D eigenvalue weighted by molar-refractivity contribution is -0.147. The van der Waals surface area contributed by atoms with Gasteiger partial charge >= 0.3 is 5.97 Å². The zero-order valence-corrected chi connectivity index (χ0v) is 13.1. The summed E-state index contributed by atoms with van der Waals surface area (Å²) in [5, 5.41) is 13.1. The largest absolute Gasteiger partial charge is 0.480 e. The van der Waals surface area contributed by atoms with Gasteiger partial charge in [0.25, 0.3) is 0 Å². The average Bonchev–Trinajstić information content (AvgIpc) is 3.22. The van der Waals surface area contributed by atoms with Gasteiger partial charge in [0.1, 0.15) is 5.54 Å². The Kier molecular flexibility index (Phi) is 5.04. The number of nitrogens with zero attached hydrogens (tertiary/aromatic N) is 2. The molecule has 1 aliphatic carbocycles. The van der Waals surface area contributed by atoms with Crippen LogP contribution in [0.3, 0.4) is 0 Å². The highest BCUT2D eigenvalue weighted by molar-refractivity contribution is 5.80. The van der Waals surface area contributed by atoms with E-state index in [1.165, 1.54) is 0 Å². The molecule has 1 aliphatic heterocycles. The molecule has 0 aromatic rings. The first-order valence-electron chi connectivity index (χ1n) is 7.98. The maximum Gasteiger partial charge on any atom is 0.325 e. The molecule has 5 heteroatoms. The highest BCUT2D eigenvalue weighted by atomic mass is 16.4. The van der Waals surface area contributed by atoms with E-state index < -0.39 is 11.5 Å². The van der Waals surface area contributed by atoms with Crippen molar-refractivity contribution in [3.63, 3.8) is 0 Å². The molecular formula is C15H29N3O2. The summed E-state index contributed by atoms with van der Waals surface area (Å²) in [6, 6.07) is 0.515. The molecule has 1 heterocycles. The highest BCUT2D eigenvalue weighted by Crippen LogP contribution is 2.40. The molecular weight excluding hydrogens is 254 g/mol. The Hall–Kier alpha value is -0.650. The second-order valence-electron chi connectivity index (χ2n) is 6.29. The summed E-state index contributed by atoms with van der Waals surface area (Å²) in [5.74, 6) is -0.369. The minimum atomic E-state index is -0.733. The van der Waals surface area contributed by atoms with Crippen LogP contribution >= 0.6 is 0 Å². The van der Waals surface area contributed by atoms with E-state index in [0.29, 0.717) is 25.0 Å². The van der Waals surface area contributed by atoms with Crippen LogP contribution in [0, 0.1) is 5.92 Å². The van der Waals surface area contributed by atoms with Crippen molar-refractivity contribution >= 4 is 5.97 Å². The van der Waals surface area contributed by atoms with Crippen LogP contribution in [0.5, 0.6) is 0 Å². The van der Waals surface area contributed by atoms with E-state index in [2.05, 4.69) is 29.0 Å². The normalized spacial score (nSPS) is 28.2. The van der Waals surface area contributed by atoms with Gasteiger partial charge in [0.2, 0.25) is 0 Å². The van der Waals surface area contributed by atoms with E-state index in [0.717, 1.165) is 39.0 Å². The van der Waals surface area contributed by atoms with E-state index in [-0.39, 0.29) is 0 Å². The van der Waals surface area contributed by atoms with Gasteiger partial charge in [0.15, 0.2) is 0 Å². The second kappa shape index (κ2) is 6.41. The molecule has 0 spiro atoms. The highest BCUT2D eigenvalue weighted by Gasteiger charge is 2.51. The van der Waals surface area contributed by atoms with Crippen LogP contribution < -0.4 is 5.32 Å². The van der Waals surface area contributed by atoms with Gasteiger partial charge in [-0.15, -0.1) is 0 Å². The Morgan fingerprint density at radius 3 is 2.50 bits per heavy atom. The van der Waals surface area contributed by atoms with Crippen LogP contribution in [-0.4, -0.2) is 71.7 Å². The zero-order valence-electron chi connectivity index (χ0n) is 13.1. The minimum absolute atomic E-state index is 0.305. The lowest BCUT2D eigenvalue weighted by Gasteiger charge is -2.43. The van der Waals surface area contributed by atoms with E-state index in [4.69, 9.17) is 0 Å². The molecule has 0 bridgehead atoms. The first kappa shape index (κ1) is 15.7. The van der Waals surface area contributed by atoms with Crippen molar-refractivity contribution in [2.45, 2.75) is 45.2 Å². The van der Waals surface area contributed by atoms with Gasteiger partial charge in [-0.3, -0.25) is 14.6 Å². The van der Waals surface area contributed by atoms with Crippen LogP contribution in [-0.2, 0) is 4.79 Å². The number of likely N-dealkylation sites (N-methyl/N-ethyl adjacent to an activating group) is 2. The SMILES string of the molecule is CCNC(CN1CCN(CC)C(C)C1)(C(=O)O)C1CC1. The smallest absolute Gasteiger partial charge is 0.325 e. The number of hydrogen-bond donors (Lipinski definition) is 2. The van der Waals surface area contributed by atoms with Crippen LogP contribution in [0.4, 0.5) is 0 Å². The monoisotopic (exact) mass is 283 g/mol. The summed E-state index contributed by atoms with van der Waals surface area (Å²) in [5.41, 5.74) is -0.733. The van der Waals surface area contributed by atoms with Gasteiger partial charge in [-0.25, -0.2) is 0 Å². The Morgan fingerprint density at radius 1 is 1.35 bits per heavy atom. The molecule has 1 saturated heterocycles. The van der Waals surface area contributed by atoms with E-state index in [1.54, 1.807) is 0 Å². The Balaban J connectivity index is 2.03. The number of rotatable bonds is 7.